The lowest BCUT2D eigenvalue weighted by atomic mass is 10.1. The fraction of sp³-hybridized carbons (Fsp3) is 0.286. The minimum atomic E-state index is -0.462. The van der Waals surface area contributed by atoms with E-state index in [0.717, 1.165) is 22.6 Å². The maximum Gasteiger partial charge on any atom is 0.249 e. The van der Waals surface area contributed by atoms with E-state index in [0.29, 0.717) is 6.54 Å². The van der Waals surface area contributed by atoms with Crippen molar-refractivity contribution in [3.8, 4) is 5.69 Å². The van der Waals surface area contributed by atoms with E-state index in [9.17, 15) is 9.59 Å². The molecule has 2 aromatic rings. The topological polar surface area (TPSA) is 75.5 Å². The minimum Gasteiger partial charge on any atom is -0.352 e. The second-order valence-electron chi connectivity index (χ2n) is 6.51. The molecule has 1 aromatic heterocycles. The Morgan fingerprint density at radius 2 is 1.89 bits per heavy atom. The number of hydrogen-bond donors (Lipinski definition) is 2. The molecule has 2 amide bonds. The van der Waals surface area contributed by atoms with Crippen molar-refractivity contribution in [3.63, 3.8) is 0 Å². The van der Waals surface area contributed by atoms with Crippen LogP contribution in [-0.2, 0) is 9.59 Å². The first-order valence-corrected chi connectivity index (χ1v) is 8.79. The van der Waals surface area contributed by atoms with Crippen LogP contribution in [0, 0.1) is 27.7 Å². The van der Waals surface area contributed by atoms with Crippen molar-refractivity contribution in [1.29, 1.82) is 0 Å². The fourth-order valence-electron chi connectivity index (χ4n) is 2.95. The van der Waals surface area contributed by atoms with E-state index in [4.69, 9.17) is 0 Å². The number of hydrazone groups is 1. The zero-order valence-corrected chi connectivity index (χ0v) is 16.3. The van der Waals surface area contributed by atoms with E-state index in [1.807, 2.05) is 19.9 Å². The Balaban J connectivity index is 2.10. The SMILES string of the molecule is C=CCNC(=O)CC(=O)N/N=C/c1cc(C)n(-c2ccc(C)cc2C)c1C. The molecule has 27 heavy (non-hydrogen) atoms. The summed E-state index contributed by atoms with van der Waals surface area (Å²) in [6, 6.07) is 8.36. The molecule has 0 aliphatic carbocycles. The molecule has 6 nitrogen and oxygen atoms in total. The van der Waals surface area contributed by atoms with E-state index >= 15 is 0 Å². The number of benzene rings is 1. The zero-order chi connectivity index (χ0) is 20.0. The summed E-state index contributed by atoms with van der Waals surface area (Å²) < 4.78 is 2.17. The third kappa shape index (κ3) is 5.17. The summed E-state index contributed by atoms with van der Waals surface area (Å²) in [6.07, 6.45) is 2.88. The van der Waals surface area contributed by atoms with Gasteiger partial charge >= 0.3 is 0 Å². The average Bonchev–Trinajstić information content (AvgIpc) is 2.87. The highest BCUT2D eigenvalue weighted by molar-refractivity contribution is 5.97. The van der Waals surface area contributed by atoms with E-state index < -0.39 is 5.91 Å². The molecule has 0 radical (unpaired) electrons. The summed E-state index contributed by atoms with van der Waals surface area (Å²) in [5, 5.41) is 6.53. The Morgan fingerprint density at radius 1 is 1.15 bits per heavy atom. The Morgan fingerprint density at radius 3 is 2.56 bits per heavy atom. The highest BCUT2D eigenvalue weighted by atomic mass is 16.2. The van der Waals surface area contributed by atoms with Crippen LogP contribution in [-0.4, -0.2) is 29.1 Å². The van der Waals surface area contributed by atoms with Gasteiger partial charge in [-0.05, 0) is 45.4 Å². The Bertz CT molecular complexity index is 894. The van der Waals surface area contributed by atoms with Crippen LogP contribution in [0.15, 0.2) is 42.0 Å². The van der Waals surface area contributed by atoms with E-state index in [-0.39, 0.29) is 12.3 Å². The van der Waals surface area contributed by atoms with Crippen molar-refractivity contribution in [2.75, 3.05) is 6.54 Å². The van der Waals surface area contributed by atoms with Crippen LogP contribution < -0.4 is 10.7 Å². The first-order chi connectivity index (χ1) is 12.8. The van der Waals surface area contributed by atoms with Gasteiger partial charge < -0.3 is 9.88 Å². The third-order valence-corrected chi connectivity index (χ3v) is 4.22. The molecule has 0 bridgehead atoms. The van der Waals surface area contributed by atoms with Crippen LogP contribution in [0.4, 0.5) is 0 Å². The van der Waals surface area contributed by atoms with Gasteiger partial charge in [0.1, 0.15) is 6.42 Å². The molecule has 0 aliphatic heterocycles. The van der Waals surface area contributed by atoms with Crippen LogP contribution in [0.1, 0.15) is 34.5 Å². The second-order valence-corrected chi connectivity index (χ2v) is 6.51. The largest absolute Gasteiger partial charge is 0.352 e. The van der Waals surface area contributed by atoms with Crippen LogP contribution in [0.5, 0.6) is 0 Å². The number of aromatic nitrogens is 1. The lowest BCUT2D eigenvalue weighted by molar-refractivity contribution is -0.129. The van der Waals surface area contributed by atoms with Crippen molar-refractivity contribution in [3.05, 3.63) is 65.0 Å². The number of nitrogens with zero attached hydrogens (tertiary/aromatic N) is 2. The fourth-order valence-corrected chi connectivity index (χ4v) is 2.95. The summed E-state index contributed by atoms with van der Waals surface area (Å²) in [5.74, 6) is -0.827. The van der Waals surface area contributed by atoms with Crippen LogP contribution >= 0.6 is 0 Å². The average molecular weight is 366 g/mol. The predicted molar refractivity (Wildman–Crippen MR) is 108 cm³/mol. The number of amides is 2. The number of rotatable bonds is 7. The molecular weight excluding hydrogens is 340 g/mol. The first kappa shape index (κ1) is 20.2. The van der Waals surface area contributed by atoms with Crippen molar-refractivity contribution < 1.29 is 9.59 Å². The summed E-state index contributed by atoms with van der Waals surface area (Å²) in [5.41, 5.74) is 8.94. The van der Waals surface area contributed by atoms with Crippen LogP contribution in [0.2, 0.25) is 0 Å². The summed E-state index contributed by atoms with van der Waals surface area (Å²) in [6.45, 7) is 12.0. The lowest BCUT2D eigenvalue weighted by Crippen LogP contribution is -2.29. The van der Waals surface area contributed by atoms with Gasteiger partial charge in [-0.3, -0.25) is 9.59 Å². The highest BCUT2D eigenvalue weighted by Crippen LogP contribution is 2.23. The van der Waals surface area contributed by atoms with Gasteiger partial charge in [-0.15, -0.1) is 6.58 Å². The molecule has 0 atom stereocenters. The standard InChI is InChI=1S/C21H26N4O2/c1-6-9-22-20(26)12-21(27)24-23-13-18-11-16(4)25(17(18)5)19-8-7-14(2)10-15(19)3/h6-8,10-11,13H,1,9,12H2,2-5H3,(H,22,26)(H,24,27)/b23-13+. The summed E-state index contributed by atoms with van der Waals surface area (Å²) in [7, 11) is 0. The van der Waals surface area contributed by atoms with Gasteiger partial charge in [-0.1, -0.05) is 23.8 Å². The molecule has 2 N–H and O–H groups in total. The third-order valence-electron chi connectivity index (χ3n) is 4.22. The molecule has 1 heterocycles. The molecule has 0 saturated carbocycles. The molecule has 0 spiro atoms. The van der Waals surface area contributed by atoms with Crippen molar-refractivity contribution in [1.82, 2.24) is 15.3 Å². The zero-order valence-electron chi connectivity index (χ0n) is 16.3. The summed E-state index contributed by atoms with van der Waals surface area (Å²) in [4.78, 5) is 23.2. The van der Waals surface area contributed by atoms with Gasteiger partial charge in [0.15, 0.2) is 0 Å². The van der Waals surface area contributed by atoms with Gasteiger partial charge in [0, 0.05) is 29.2 Å². The van der Waals surface area contributed by atoms with Crippen molar-refractivity contribution in [2.24, 2.45) is 5.10 Å². The van der Waals surface area contributed by atoms with E-state index in [1.165, 1.54) is 11.1 Å². The molecular formula is C21H26N4O2. The predicted octanol–water partition coefficient (Wildman–Crippen LogP) is 2.85. The van der Waals surface area contributed by atoms with E-state index in [1.54, 1.807) is 12.3 Å². The van der Waals surface area contributed by atoms with Crippen molar-refractivity contribution in [2.45, 2.75) is 34.1 Å². The number of carbonyl (C=O) groups excluding carboxylic acids is 2. The molecule has 0 aliphatic rings. The van der Waals surface area contributed by atoms with Gasteiger partial charge in [0.2, 0.25) is 11.8 Å². The first-order valence-electron chi connectivity index (χ1n) is 8.79. The minimum absolute atomic E-state index is 0.271. The lowest BCUT2D eigenvalue weighted by Gasteiger charge is -2.13. The molecule has 0 saturated heterocycles. The van der Waals surface area contributed by atoms with Gasteiger partial charge in [-0.2, -0.15) is 5.10 Å². The van der Waals surface area contributed by atoms with Crippen molar-refractivity contribution >= 4 is 18.0 Å². The molecule has 1 aromatic carbocycles. The Kier molecular flexibility index (Phi) is 6.71. The second kappa shape index (κ2) is 8.98. The van der Waals surface area contributed by atoms with Crippen LogP contribution in [0.3, 0.4) is 0 Å². The maximum absolute atomic E-state index is 11.7. The van der Waals surface area contributed by atoms with Gasteiger partial charge in [0.05, 0.1) is 6.21 Å². The molecule has 2 rings (SSSR count). The maximum atomic E-state index is 11.7. The van der Waals surface area contributed by atoms with Crippen LogP contribution in [0.25, 0.3) is 5.69 Å². The monoisotopic (exact) mass is 366 g/mol. The normalized spacial score (nSPS) is 10.8. The van der Waals surface area contributed by atoms with Gasteiger partial charge in [-0.25, -0.2) is 5.43 Å². The molecule has 0 unspecified atom stereocenters. The Hall–Kier alpha value is -3.15. The number of carbonyl (C=O) groups is 2. The molecule has 0 fully saturated rings. The summed E-state index contributed by atoms with van der Waals surface area (Å²) >= 11 is 0. The Labute approximate surface area is 160 Å². The quantitative estimate of drug-likeness (QED) is 0.342. The number of aryl methyl sites for hydroxylation is 3. The molecule has 6 heteroatoms. The number of nitrogens with one attached hydrogen (secondary N) is 2. The number of hydrogen-bond acceptors (Lipinski definition) is 3. The smallest absolute Gasteiger partial charge is 0.249 e. The molecule has 142 valence electrons. The van der Waals surface area contributed by atoms with Gasteiger partial charge in [0.25, 0.3) is 0 Å². The highest BCUT2D eigenvalue weighted by Gasteiger charge is 2.12. The van der Waals surface area contributed by atoms with E-state index in [2.05, 4.69) is 59.0 Å².